The van der Waals surface area contributed by atoms with Gasteiger partial charge in [0.1, 0.15) is 11.6 Å². The smallest absolute Gasteiger partial charge is 0.338 e. The van der Waals surface area contributed by atoms with E-state index >= 15 is 0 Å². The first kappa shape index (κ1) is 18.3. The molecule has 2 rings (SSSR count). The molecule has 0 fully saturated rings. The molecule has 0 saturated carbocycles. The van der Waals surface area contributed by atoms with Gasteiger partial charge in [0.2, 0.25) is 0 Å². The number of non-ortho nitro benzene ring substituents is 1. The van der Waals surface area contributed by atoms with Crippen LogP contribution in [-0.2, 0) is 9.53 Å². The summed E-state index contributed by atoms with van der Waals surface area (Å²) in [6, 6.07) is 5.48. The van der Waals surface area contributed by atoms with E-state index in [0.29, 0.717) is 6.07 Å². The van der Waals surface area contributed by atoms with Crippen LogP contribution in [0.15, 0.2) is 36.4 Å². The number of nitro benzene ring substituents is 1. The molecule has 0 atom stereocenters. The summed E-state index contributed by atoms with van der Waals surface area (Å²) in [5, 5.41) is 12.8. The maximum Gasteiger partial charge on any atom is 0.338 e. The van der Waals surface area contributed by atoms with Gasteiger partial charge in [-0.05, 0) is 18.2 Å². The van der Waals surface area contributed by atoms with Crippen molar-refractivity contribution in [2.24, 2.45) is 0 Å². The van der Waals surface area contributed by atoms with Crippen molar-refractivity contribution in [2.75, 3.05) is 11.9 Å². The number of rotatable bonds is 5. The monoisotopic (exact) mass is 370 g/mol. The lowest BCUT2D eigenvalue weighted by Crippen LogP contribution is -2.21. The highest BCUT2D eigenvalue weighted by Gasteiger charge is 2.15. The number of esters is 1. The fourth-order valence-corrected chi connectivity index (χ4v) is 2.01. The molecular weight excluding hydrogens is 362 g/mol. The van der Waals surface area contributed by atoms with Crippen LogP contribution in [-0.4, -0.2) is 23.4 Å². The summed E-state index contributed by atoms with van der Waals surface area (Å²) in [7, 11) is 0. The number of benzene rings is 2. The highest BCUT2D eigenvalue weighted by atomic mass is 35.5. The van der Waals surface area contributed by atoms with Gasteiger partial charge in [0.05, 0.1) is 21.2 Å². The quantitative estimate of drug-likeness (QED) is 0.494. The van der Waals surface area contributed by atoms with Gasteiger partial charge in [0, 0.05) is 18.2 Å². The number of hydrogen-bond donors (Lipinski definition) is 1. The number of carbonyl (C=O) groups is 2. The van der Waals surface area contributed by atoms with Crippen molar-refractivity contribution >= 4 is 34.9 Å². The molecule has 10 heteroatoms. The summed E-state index contributed by atoms with van der Waals surface area (Å²) in [6.45, 7) is -0.746. The molecule has 0 spiro atoms. The zero-order valence-corrected chi connectivity index (χ0v) is 13.0. The van der Waals surface area contributed by atoms with Crippen LogP contribution in [0.25, 0.3) is 0 Å². The van der Waals surface area contributed by atoms with Crippen LogP contribution < -0.4 is 5.32 Å². The molecule has 0 aliphatic carbocycles. The van der Waals surface area contributed by atoms with Crippen molar-refractivity contribution < 1.29 is 28.0 Å². The largest absolute Gasteiger partial charge is 0.452 e. The van der Waals surface area contributed by atoms with Gasteiger partial charge in [0.15, 0.2) is 6.61 Å². The topological polar surface area (TPSA) is 98.5 Å². The Balaban J connectivity index is 1.96. The van der Waals surface area contributed by atoms with Gasteiger partial charge in [-0.1, -0.05) is 11.6 Å². The molecule has 130 valence electrons. The SMILES string of the molecule is O=C(COC(=O)c1cc(F)cc(F)c1)Nc1ccc([N+](=O)[O-])cc1Cl. The van der Waals surface area contributed by atoms with E-state index in [2.05, 4.69) is 10.1 Å². The third kappa shape index (κ3) is 4.95. The Morgan fingerprint density at radius 3 is 2.36 bits per heavy atom. The van der Waals surface area contributed by atoms with Gasteiger partial charge in [-0.3, -0.25) is 14.9 Å². The predicted molar refractivity (Wildman–Crippen MR) is 83.4 cm³/mol. The summed E-state index contributed by atoms with van der Waals surface area (Å²) in [5.74, 6) is -3.81. The van der Waals surface area contributed by atoms with Crippen molar-refractivity contribution in [3.8, 4) is 0 Å². The van der Waals surface area contributed by atoms with Crippen LogP contribution in [0.4, 0.5) is 20.2 Å². The Hall–Kier alpha value is -3.07. The molecule has 0 saturated heterocycles. The highest BCUT2D eigenvalue weighted by Crippen LogP contribution is 2.26. The normalized spacial score (nSPS) is 10.2. The second kappa shape index (κ2) is 7.67. The first-order valence-corrected chi connectivity index (χ1v) is 7.01. The Labute approximate surface area is 144 Å². The first-order valence-electron chi connectivity index (χ1n) is 6.63. The maximum atomic E-state index is 13.0. The Bertz CT molecular complexity index is 840. The number of anilines is 1. The predicted octanol–water partition coefficient (Wildman–Crippen LogP) is 3.32. The zero-order chi connectivity index (χ0) is 18.6. The van der Waals surface area contributed by atoms with Gasteiger partial charge < -0.3 is 10.1 Å². The van der Waals surface area contributed by atoms with Crippen molar-refractivity contribution in [3.05, 3.63) is 68.7 Å². The summed E-state index contributed by atoms with van der Waals surface area (Å²) < 4.78 is 30.7. The summed E-state index contributed by atoms with van der Waals surface area (Å²) >= 11 is 5.80. The molecule has 0 aromatic heterocycles. The van der Waals surface area contributed by atoms with Crippen LogP contribution in [0.2, 0.25) is 5.02 Å². The molecule has 0 unspecified atom stereocenters. The average molecular weight is 371 g/mol. The summed E-state index contributed by atoms with van der Waals surface area (Å²) in [4.78, 5) is 33.3. The zero-order valence-electron chi connectivity index (χ0n) is 12.3. The van der Waals surface area contributed by atoms with E-state index in [-0.39, 0.29) is 16.4 Å². The van der Waals surface area contributed by atoms with Gasteiger partial charge in [-0.25, -0.2) is 13.6 Å². The summed E-state index contributed by atoms with van der Waals surface area (Å²) in [6.07, 6.45) is 0. The molecule has 2 aromatic carbocycles. The minimum absolute atomic E-state index is 0.0742. The van der Waals surface area contributed by atoms with E-state index in [0.717, 1.165) is 24.3 Å². The lowest BCUT2D eigenvalue weighted by molar-refractivity contribution is -0.384. The lowest BCUT2D eigenvalue weighted by atomic mass is 10.2. The van der Waals surface area contributed by atoms with Crippen molar-refractivity contribution in [3.63, 3.8) is 0 Å². The number of nitrogens with zero attached hydrogens (tertiary/aromatic N) is 1. The van der Waals surface area contributed by atoms with E-state index in [9.17, 15) is 28.5 Å². The molecule has 0 aliphatic heterocycles. The second-order valence-corrected chi connectivity index (χ2v) is 5.11. The number of carbonyl (C=O) groups excluding carboxylic acids is 2. The number of nitro groups is 1. The van der Waals surface area contributed by atoms with Crippen molar-refractivity contribution in [1.82, 2.24) is 0 Å². The average Bonchev–Trinajstić information content (AvgIpc) is 2.53. The summed E-state index contributed by atoms with van der Waals surface area (Å²) in [5.41, 5.74) is -0.577. The van der Waals surface area contributed by atoms with Gasteiger partial charge in [-0.2, -0.15) is 0 Å². The van der Waals surface area contributed by atoms with E-state index < -0.39 is 40.6 Å². The molecule has 0 radical (unpaired) electrons. The van der Waals surface area contributed by atoms with Crippen LogP contribution in [0.1, 0.15) is 10.4 Å². The lowest BCUT2D eigenvalue weighted by Gasteiger charge is -2.08. The molecular formula is C15H9ClF2N2O5. The maximum absolute atomic E-state index is 13.0. The van der Waals surface area contributed by atoms with Crippen molar-refractivity contribution in [2.45, 2.75) is 0 Å². The third-order valence-electron chi connectivity index (χ3n) is 2.87. The van der Waals surface area contributed by atoms with E-state index in [1.807, 2.05) is 0 Å². The Kier molecular flexibility index (Phi) is 5.60. The molecule has 25 heavy (non-hydrogen) atoms. The minimum Gasteiger partial charge on any atom is -0.452 e. The fraction of sp³-hybridized carbons (Fsp3) is 0.0667. The van der Waals surface area contributed by atoms with Gasteiger partial charge in [-0.15, -0.1) is 0 Å². The molecule has 0 bridgehead atoms. The van der Waals surface area contributed by atoms with Gasteiger partial charge in [0.25, 0.3) is 11.6 Å². The first-order chi connectivity index (χ1) is 11.8. The standard InChI is InChI=1S/C15H9ClF2N2O5/c16-12-6-11(20(23)24)1-2-13(12)19-14(21)7-25-15(22)8-3-9(17)5-10(18)4-8/h1-6H,7H2,(H,19,21). The highest BCUT2D eigenvalue weighted by molar-refractivity contribution is 6.34. The number of amides is 1. The van der Waals surface area contributed by atoms with E-state index in [1.165, 1.54) is 6.07 Å². The van der Waals surface area contributed by atoms with Crippen LogP contribution in [0.3, 0.4) is 0 Å². The molecule has 1 N–H and O–H groups in total. The van der Waals surface area contributed by atoms with E-state index in [4.69, 9.17) is 11.6 Å². The Morgan fingerprint density at radius 2 is 1.80 bits per heavy atom. The molecule has 2 aromatic rings. The minimum atomic E-state index is -1.09. The third-order valence-corrected chi connectivity index (χ3v) is 3.18. The van der Waals surface area contributed by atoms with Gasteiger partial charge >= 0.3 is 5.97 Å². The number of halogens is 3. The number of nitrogens with one attached hydrogen (secondary N) is 1. The second-order valence-electron chi connectivity index (χ2n) is 4.70. The van der Waals surface area contributed by atoms with E-state index in [1.54, 1.807) is 0 Å². The molecule has 1 amide bonds. The Morgan fingerprint density at radius 1 is 1.16 bits per heavy atom. The number of hydrogen-bond acceptors (Lipinski definition) is 5. The molecule has 7 nitrogen and oxygen atoms in total. The van der Waals surface area contributed by atoms with Crippen LogP contribution in [0.5, 0.6) is 0 Å². The molecule has 0 aliphatic rings. The fourth-order valence-electron chi connectivity index (χ4n) is 1.79. The van der Waals surface area contributed by atoms with Crippen molar-refractivity contribution in [1.29, 1.82) is 0 Å². The number of ether oxygens (including phenoxy) is 1. The van der Waals surface area contributed by atoms with Crippen LogP contribution >= 0.6 is 11.6 Å². The molecule has 0 heterocycles. The van der Waals surface area contributed by atoms with Crippen LogP contribution in [0, 0.1) is 21.7 Å².